The molecule has 0 radical (unpaired) electrons. The highest BCUT2D eigenvalue weighted by Crippen LogP contribution is 2.24. The summed E-state index contributed by atoms with van der Waals surface area (Å²) in [5.41, 5.74) is 1.86. The molecular weight excluding hydrogens is 387 g/mol. The van der Waals surface area contributed by atoms with Crippen molar-refractivity contribution in [1.29, 1.82) is 0 Å². The topological polar surface area (TPSA) is 70.1 Å². The van der Waals surface area contributed by atoms with Crippen LogP contribution in [0.4, 0.5) is 5.69 Å². The van der Waals surface area contributed by atoms with E-state index in [0.29, 0.717) is 23.8 Å². The van der Waals surface area contributed by atoms with E-state index in [4.69, 9.17) is 23.2 Å². The fourth-order valence-electron chi connectivity index (χ4n) is 2.96. The predicted molar refractivity (Wildman–Crippen MR) is 109 cm³/mol. The van der Waals surface area contributed by atoms with Gasteiger partial charge in [0.25, 0.3) is 5.91 Å². The highest BCUT2D eigenvalue weighted by Gasteiger charge is 2.14. The van der Waals surface area contributed by atoms with Gasteiger partial charge in [0.05, 0.1) is 5.02 Å². The number of nitrogens with one attached hydrogen (secondary N) is 2. The Kier molecular flexibility index (Phi) is 5.77. The predicted octanol–water partition coefficient (Wildman–Crippen LogP) is 4.40. The number of aromatic nitrogens is 2. The van der Waals surface area contributed by atoms with E-state index in [9.17, 15) is 9.59 Å². The lowest BCUT2D eigenvalue weighted by atomic mass is 10.2. The van der Waals surface area contributed by atoms with Gasteiger partial charge in [-0.1, -0.05) is 23.2 Å². The zero-order chi connectivity index (χ0) is 19.6. The van der Waals surface area contributed by atoms with Crippen LogP contribution < -0.4 is 5.32 Å². The highest BCUT2D eigenvalue weighted by molar-refractivity contribution is 6.41. The van der Waals surface area contributed by atoms with Crippen molar-refractivity contribution in [3.05, 3.63) is 52.4 Å². The van der Waals surface area contributed by atoms with E-state index in [1.54, 1.807) is 11.0 Å². The van der Waals surface area contributed by atoms with Crippen LogP contribution in [0, 0.1) is 0 Å². The van der Waals surface area contributed by atoms with Gasteiger partial charge in [-0.15, -0.1) is 0 Å². The van der Waals surface area contributed by atoms with Gasteiger partial charge < -0.3 is 19.8 Å². The van der Waals surface area contributed by atoms with E-state index in [0.717, 1.165) is 10.9 Å². The largest absolute Gasteiger partial charge is 0.342 e. The number of hydrogen-bond acceptors (Lipinski definition) is 2. The number of anilines is 1. The van der Waals surface area contributed by atoms with Crippen LogP contribution in [0.5, 0.6) is 0 Å². The normalized spacial score (nSPS) is 11.0. The summed E-state index contributed by atoms with van der Waals surface area (Å²) < 4.78 is 1.91. The smallest absolute Gasteiger partial charge is 0.272 e. The summed E-state index contributed by atoms with van der Waals surface area (Å²) in [4.78, 5) is 29.2. The van der Waals surface area contributed by atoms with Gasteiger partial charge in [-0.3, -0.25) is 9.59 Å². The van der Waals surface area contributed by atoms with Crippen molar-refractivity contribution in [3.8, 4) is 0 Å². The van der Waals surface area contributed by atoms with E-state index in [1.807, 2.05) is 42.8 Å². The van der Waals surface area contributed by atoms with Crippen molar-refractivity contribution >= 4 is 51.6 Å². The number of likely N-dealkylation sites (N-methyl/N-ethyl adjacent to an activating group) is 1. The molecule has 1 aromatic carbocycles. The molecule has 2 aromatic heterocycles. The second-order valence-corrected chi connectivity index (χ2v) is 6.87. The molecule has 0 aliphatic rings. The Morgan fingerprint density at radius 2 is 1.89 bits per heavy atom. The molecule has 3 aromatic rings. The Hall–Kier alpha value is -2.44. The lowest BCUT2D eigenvalue weighted by molar-refractivity contribution is -0.131. The molecule has 142 valence electrons. The van der Waals surface area contributed by atoms with Crippen LogP contribution in [0.15, 0.2) is 36.5 Å². The minimum Gasteiger partial charge on any atom is -0.342 e. The van der Waals surface area contributed by atoms with Crippen molar-refractivity contribution in [3.63, 3.8) is 0 Å². The van der Waals surface area contributed by atoms with E-state index >= 15 is 0 Å². The molecule has 6 nitrogen and oxygen atoms in total. The van der Waals surface area contributed by atoms with Crippen molar-refractivity contribution < 1.29 is 9.59 Å². The Balaban J connectivity index is 1.77. The average Bonchev–Trinajstić information content (AvgIpc) is 3.19. The third kappa shape index (κ3) is 4.12. The number of hydrogen-bond donors (Lipinski definition) is 2. The number of fused-ring (bicyclic) bond motifs is 1. The molecule has 0 saturated heterocycles. The summed E-state index contributed by atoms with van der Waals surface area (Å²) in [5, 5.41) is 4.27. The van der Waals surface area contributed by atoms with Gasteiger partial charge in [0.1, 0.15) is 17.4 Å². The number of aromatic amines is 1. The molecule has 8 heteroatoms. The fourth-order valence-corrected chi connectivity index (χ4v) is 3.28. The molecule has 0 spiro atoms. The summed E-state index contributed by atoms with van der Waals surface area (Å²) in [7, 11) is 0. The summed E-state index contributed by atoms with van der Waals surface area (Å²) in [6.45, 7) is 5.61. The van der Waals surface area contributed by atoms with E-state index in [-0.39, 0.29) is 29.2 Å². The Bertz CT molecular complexity index is 969. The van der Waals surface area contributed by atoms with Gasteiger partial charge >= 0.3 is 0 Å². The van der Waals surface area contributed by atoms with Gasteiger partial charge in [-0.25, -0.2) is 0 Å². The second kappa shape index (κ2) is 8.06. The SMILES string of the molecule is CCN(CC)C(=O)Cn1ccc2cc(NC(=O)c3cc(Cl)c(Cl)[nH]3)ccc21. The Morgan fingerprint density at radius 3 is 2.52 bits per heavy atom. The zero-order valence-corrected chi connectivity index (χ0v) is 16.6. The lowest BCUT2D eigenvalue weighted by Gasteiger charge is -2.19. The molecule has 2 amide bonds. The first kappa shape index (κ1) is 19.3. The molecule has 0 bridgehead atoms. The number of halogens is 2. The van der Waals surface area contributed by atoms with Crippen LogP contribution >= 0.6 is 23.2 Å². The van der Waals surface area contributed by atoms with Crippen LogP contribution in [0.3, 0.4) is 0 Å². The first-order valence-corrected chi connectivity index (χ1v) is 9.40. The van der Waals surface area contributed by atoms with Gasteiger partial charge in [0.2, 0.25) is 5.91 Å². The molecule has 3 rings (SSSR count). The molecule has 2 heterocycles. The van der Waals surface area contributed by atoms with Crippen molar-refractivity contribution in [2.24, 2.45) is 0 Å². The first-order valence-electron chi connectivity index (χ1n) is 8.65. The minimum absolute atomic E-state index is 0.0791. The molecule has 0 atom stereocenters. The van der Waals surface area contributed by atoms with Gasteiger partial charge in [-0.05, 0) is 44.2 Å². The maximum absolute atomic E-state index is 12.3. The molecule has 0 saturated carbocycles. The lowest BCUT2D eigenvalue weighted by Crippen LogP contribution is -2.33. The molecule has 2 N–H and O–H groups in total. The molecule has 0 unspecified atom stereocenters. The third-order valence-electron chi connectivity index (χ3n) is 4.42. The Labute approximate surface area is 167 Å². The minimum atomic E-state index is -0.334. The monoisotopic (exact) mass is 406 g/mol. The van der Waals surface area contributed by atoms with Crippen LogP contribution in [-0.4, -0.2) is 39.4 Å². The number of nitrogens with zero attached hydrogens (tertiary/aromatic N) is 2. The zero-order valence-electron chi connectivity index (χ0n) is 15.1. The van der Waals surface area contributed by atoms with Crippen LogP contribution in [0.1, 0.15) is 24.3 Å². The van der Waals surface area contributed by atoms with Gasteiger partial charge in [0, 0.05) is 35.9 Å². The van der Waals surface area contributed by atoms with Gasteiger partial charge in [0.15, 0.2) is 0 Å². The standard InChI is InChI=1S/C19H20Cl2N4O2/c1-3-24(4-2)17(26)11-25-8-7-12-9-13(5-6-16(12)25)22-19(27)15-10-14(20)18(21)23-15/h5-10,23H,3-4,11H2,1-2H3,(H,22,27). The highest BCUT2D eigenvalue weighted by atomic mass is 35.5. The summed E-state index contributed by atoms with van der Waals surface area (Å²) in [6.07, 6.45) is 1.88. The Morgan fingerprint density at radius 1 is 1.15 bits per heavy atom. The summed E-state index contributed by atoms with van der Waals surface area (Å²) in [5.74, 6) is -0.255. The second-order valence-electron chi connectivity index (χ2n) is 6.08. The van der Waals surface area contributed by atoms with Crippen LogP contribution in [-0.2, 0) is 11.3 Å². The number of carbonyl (C=O) groups excluding carboxylic acids is 2. The number of H-pyrrole nitrogens is 1. The van der Waals surface area contributed by atoms with Crippen molar-refractivity contribution in [1.82, 2.24) is 14.5 Å². The third-order valence-corrected chi connectivity index (χ3v) is 5.11. The van der Waals surface area contributed by atoms with E-state index in [2.05, 4.69) is 10.3 Å². The molecule has 0 fully saturated rings. The summed E-state index contributed by atoms with van der Waals surface area (Å²) >= 11 is 11.7. The maximum atomic E-state index is 12.3. The van der Waals surface area contributed by atoms with E-state index in [1.165, 1.54) is 6.07 Å². The molecule has 0 aliphatic heterocycles. The fraction of sp³-hybridized carbons (Fsp3) is 0.263. The average molecular weight is 407 g/mol. The molecular formula is C19H20Cl2N4O2. The number of benzene rings is 1. The van der Waals surface area contributed by atoms with Gasteiger partial charge in [-0.2, -0.15) is 0 Å². The van der Waals surface area contributed by atoms with Crippen molar-refractivity contribution in [2.75, 3.05) is 18.4 Å². The first-order chi connectivity index (χ1) is 12.9. The van der Waals surface area contributed by atoms with Crippen molar-refractivity contribution in [2.45, 2.75) is 20.4 Å². The number of amides is 2. The maximum Gasteiger partial charge on any atom is 0.272 e. The number of rotatable bonds is 6. The molecule has 27 heavy (non-hydrogen) atoms. The number of carbonyl (C=O) groups is 2. The quantitative estimate of drug-likeness (QED) is 0.636. The van der Waals surface area contributed by atoms with Crippen LogP contribution in [0.25, 0.3) is 10.9 Å². The molecule has 0 aliphatic carbocycles. The summed E-state index contributed by atoms with van der Waals surface area (Å²) in [6, 6.07) is 8.94. The van der Waals surface area contributed by atoms with E-state index < -0.39 is 0 Å². The van der Waals surface area contributed by atoms with Crippen LogP contribution in [0.2, 0.25) is 10.2 Å².